The van der Waals surface area contributed by atoms with Crippen LogP contribution in [0.1, 0.15) is 12.0 Å². The molecule has 0 amide bonds. The molecule has 0 unspecified atom stereocenters. The second-order valence-corrected chi connectivity index (χ2v) is 7.66. The molecule has 0 saturated heterocycles. The van der Waals surface area contributed by atoms with Crippen molar-refractivity contribution in [2.45, 2.75) is 12.2 Å². The second kappa shape index (κ2) is 6.33. The Morgan fingerprint density at radius 2 is 1.63 bits per heavy atom. The fourth-order valence-electron chi connectivity index (χ4n) is 1.39. The van der Waals surface area contributed by atoms with E-state index in [1.54, 1.807) is 24.3 Å². The highest BCUT2D eigenvalue weighted by Crippen LogP contribution is 2.08. The van der Waals surface area contributed by atoms with Gasteiger partial charge in [-0.1, -0.05) is 12.1 Å². The normalized spacial score (nSPS) is 12.5. The molecule has 0 bridgehead atoms. The molecule has 0 aliphatic carbocycles. The molecule has 7 nitrogen and oxygen atoms in total. The smallest absolute Gasteiger partial charge is 0.215 e. The minimum Gasteiger partial charge on any atom is -0.399 e. The van der Waals surface area contributed by atoms with E-state index in [4.69, 9.17) is 10.9 Å². The first-order chi connectivity index (χ1) is 8.68. The van der Waals surface area contributed by atoms with Crippen molar-refractivity contribution in [3.05, 3.63) is 29.8 Å². The number of anilines is 1. The van der Waals surface area contributed by atoms with E-state index in [1.807, 2.05) is 0 Å². The average molecular weight is 307 g/mol. The van der Waals surface area contributed by atoms with Crippen molar-refractivity contribution >= 4 is 25.7 Å². The topological polar surface area (TPSA) is 132 Å². The van der Waals surface area contributed by atoms with E-state index >= 15 is 0 Å². The Morgan fingerprint density at radius 3 is 2.16 bits per heavy atom. The summed E-state index contributed by atoms with van der Waals surface area (Å²) in [4.78, 5) is 0. The quantitative estimate of drug-likeness (QED) is 0.455. The standard InChI is InChI=1S/C10H17N3O4S2/c11-10-4-2-9(3-5-10)8-19(16,17)13-6-1-7-18(12,14)15/h2-5,13H,1,6-8,11H2,(H2,12,14,15). The summed E-state index contributed by atoms with van der Waals surface area (Å²) in [5.41, 5.74) is 6.66. The Labute approximate surface area is 113 Å². The van der Waals surface area contributed by atoms with Gasteiger partial charge in [-0.2, -0.15) is 0 Å². The summed E-state index contributed by atoms with van der Waals surface area (Å²) in [5.74, 6) is -0.431. The van der Waals surface area contributed by atoms with Crippen LogP contribution in [0.25, 0.3) is 0 Å². The van der Waals surface area contributed by atoms with Gasteiger partial charge in [0.1, 0.15) is 0 Å². The molecule has 0 fully saturated rings. The number of nitrogens with one attached hydrogen (secondary N) is 1. The van der Waals surface area contributed by atoms with Crippen LogP contribution in [-0.4, -0.2) is 29.1 Å². The number of sulfonamides is 2. The third-order valence-corrected chi connectivity index (χ3v) is 4.48. The SMILES string of the molecule is Nc1ccc(CS(=O)(=O)NCCCS(N)(=O)=O)cc1. The molecule has 0 aliphatic heterocycles. The van der Waals surface area contributed by atoms with Crippen molar-refractivity contribution in [3.63, 3.8) is 0 Å². The van der Waals surface area contributed by atoms with E-state index in [0.29, 0.717) is 11.3 Å². The van der Waals surface area contributed by atoms with Gasteiger partial charge in [0.2, 0.25) is 20.0 Å². The van der Waals surface area contributed by atoms with Crippen molar-refractivity contribution < 1.29 is 16.8 Å². The van der Waals surface area contributed by atoms with Gasteiger partial charge in [-0.3, -0.25) is 0 Å². The first kappa shape index (κ1) is 15.9. The molecule has 0 aromatic heterocycles. The molecule has 1 rings (SSSR count). The lowest BCUT2D eigenvalue weighted by molar-refractivity contribution is 0.576. The van der Waals surface area contributed by atoms with Crippen LogP contribution in [0.2, 0.25) is 0 Å². The van der Waals surface area contributed by atoms with E-state index in [9.17, 15) is 16.8 Å². The summed E-state index contributed by atoms with van der Waals surface area (Å²) in [6.07, 6.45) is 0.139. The van der Waals surface area contributed by atoms with Crippen molar-refractivity contribution in [2.75, 3.05) is 18.0 Å². The van der Waals surface area contributed by atoms with Gasteiger partial charge in [-0.25, -0.2) is 26.7 Å². The number of primary sulfonamides is 1. The zero-order valence-electron chi connectivity index (χ0n) is 10.2. The zero-order chi connectivity index (χ0) is 14.5. The van der Waals surface area contributed by atoms with Crippen molar-refractivity contribution in [1.29, 1.82) is 0 Å². The fourth-order valence-corrected chi connectivity index (χ4v) is 3.12. The molecular formula is C10H17N3O4S2. The summed E-state index contributed by atoms with van der Waals surface area (Å²) in [6, 6.07) is 6.48. The summed E-state index contributed by atoms with van der Waals surface area (Å²) < 4.78 is 47.0. The highest BCUT2D eigenvalue weighted by Gasteiger charge is 2.11. The molecule has 0 atom stereocenters. The second-order valence-electron chi connectivity index (χ2n) is 4.12. The molecule has 5 N–H and O–H groups in total. The Kier molecular flexibility index (Phi) is 5.29. The lowest BCUT2D eigenvalue weighted by atomic mass is 10.2. The van der Waals surface area contributed by atoms with Crippen LogP contribution >= 0.6 is 0 Å². The third-order valence-electron chi connectivity index (χ3n) is 2.26. The lowest BCUT2D eigenvalue weighted by Gasteiger charge is -2.06. The van der Waals surface area contributed by atoms with Gasteiger partial charge < -0.3 is 5.73 Å². The van der Waals surface area contributed by atoms with Gasteiger partial charge in [0.05, 0.1) is 11.5 Å². The van der Waals surface area contributed by atoms with Crippen LogP contribution in [0.3, 0.4) is 0 Å². The van der Waals surface area contributed by atoms with Crippen LogP contribution in [0, 0.1) is 0 Å². The Bertz CT molecular complexity index is 609. The number of nitrogen functional groups attached to an aromatic ring is 1. The number of hydrogen-bond donors (Lipinski definition) is 3. The number of rotatable bonds is 7. The Balaban J connectivity index is 2.46. The van der Waals surface area contributed by atoms with Gasteiger partial charge in [0.25, 0.3) is 0 Å². The third kappa shape index (κ3) is 7.11. The molecule has 1 aromatic rings. The van der Waals surface area contributed by atoms with Gasteiger partial charge in [0.15, 0.2) is 0 Å². The van der Waals surface area contributed by atoms with Crippen molar-refractivity contribution in [2.24, 2.45) is 5.14 Å². The van der Waals surface area contributed by atoms with Gasteiger partial charge in [0, 0.05) is 12.2 Å². The largest absolute Gasteiger partial charge is 0.399 e. The number of benzene rings is 1. The predicted octanol–water partition coefficient (Wildman–Crippen LogP) is -0.633. The van der Waals surface area contributed by atoms with E-state index in [-0.39, 0.29) is 24.5 Å². The highest BCUT2D eigenvalue weighted by atomic mass is 32.2. The van der Waals surface area contributed by atoms with Crippen LogP contribution < -0.4 is 15.6 Å². The van der Waals surface area contributed by atoms with Crippen molar-refractivity contribution in [3.8, 4) is 0 Å². The van der Waals surface area contributed by atoms with Crippen molar-refractivity contribution in [1.82, 2.24) is 4.72 Å². The molecule has 19 heavy (non-hydrogen) atoms. The summed E-state index contributed by atoms with van der Waals surface area (Å²) >= 11 is 0. The summed E-state index contributed by atoms with van der Waals surface area (Å²) in [7, 11) is -7.05. The van der Waals surface area contributed by atoms with Crippen LogP contribution in [0.5, 0.6) is 0 Å². The summed E-state index contributed by atoms with van der Waals surface area (Å²) in [5, 5.41) is 4.81. The zero-order valence-corrected chi connectivity index (χ0v) is 11.9. The molecule has 108 valence electrons. The fraction of sp³-hybridized carbons (Fsp3) is 0.400. The Morgan fingerprint density at radius 1 is 1.05 bits per heavy atom. The maximum Gasteiger partial charge on any atom is 0.215 e. The number of nitrogens with two attached hydrogens (primary N) is 2. The van der Waals surface area contributed by atoms with Crippen LogP contribution in [0.4, 0.5) is 5.69 Å². The van der Waals surface area contributed by atoms with E-state index < -0.39 is 20.0 Å². The van der Waals surface area contributed by atoms with Crippen LogP contribution in [-0.2, 0) is 25.8 Å². The number of hydrogen-bond acceptors (Lipinski definition) is 5. The maximum absolute atomic E-state index is 11.7. The molecular weight excluding hydrogens is 290 g/mol. The first-order valence-electron chi connectivity index (χ1n) is 5.50. The Hall–Kier alpha value is -1.16. The monoisotopic (exact) mass is 307 g/mol. The van der Waals surface area contributed by atoms with Gasteiger partial charge >= 0.3 is 0 Å². The van der Waals surface area contributed by atoms with Crippen LogP contribution in [0.15, 0.2) is 24.3 Å². The molecule has 0 heterocycles. The maximum atomic E-state index is 11.7. The average Bonchev–Trinajstić information content (AvgIpc) is 2.26. The molecule has 0 radical (unpaired) electrons. The molecule has 0 spiro atoms. The van der Waals surface area contributed by atoms with E-state index in [1.165, 1.54) is 0 Å². The molecule has 0 saturated carbocycles. The van der Waals surface area contributed by atoms with Gasteiger partial charge in [-0.15, -0.1) is 0 Å². The summed E-state index contributed by atoms with van der Waals surface area (Å²) in [6.45, 7) is 0.0355. The minimum atomic E-state index is -3.55. The molecule has 0 aliphatic rings. The lowest BCUT2D eigenvalue weighted by Crippen LogP contribution is -2.28. The van der Waals surface area contributed by atoms with E-state index in [2.05, 4.69) is 4.72 Å². The highest BCUT2D eigenvalue weighted by molar-refractivity contribution is 7.89. The predicted molar refractivity (Wildman–Crippen MR) is 74.1 cm³/mol. The van der Waals surface area contributed by atoms with Gasteiger partial charge in [-0.05, 0) is 24.1 Å². The minimum absolute atomic E-state index is 0.0355. The van der Waals surface area contributed by atoms with E-state index in [0.717, 1.165) is 0 Å². The first-order valence-corrected chi connectivity index (χ1v) is 8.87. The molecule has 1 aromatic carbocycles. The molecule has 9 heteroatoms.